The summed E-state index contributed by atoms with van der Waals surface area (Å²) < 4.78 is 5.20. The molecule has 1 saturated heterocycles. The van der Waals surface area contributed by atoms with Gasteiger partial charge in [0, 0.05) is 29.0 Å². The number of ketones is 1. The summed E-state index contributed by atoms with van der Waals surface area (Å²) in [5.41, 5.74) is 0.918. The normalized spacial score (nSPS) is 17.8. The average Bonchev–Trinajstić information content (AvgIpc) is 2.71. The number of Topliss-reactive ketones (excluding diaryl/α,β-unsaturated/α-hetero) is 1. The van der Waals surface area contributed by atoms with Crippen LogP contribution in [0.5, 0.6) is 0 Å². The van der Waals surface area contributed by atoms with Crippen molar-refractivity contribution in [2.45, 2.75) is 26.7 Å². The fourth-order valence-corrected chi connectivity index (χ4v) is 3.69. The number of likely N-dealkylation sites (tertiary alicyclic amines) is 1. The van der Waals surface area contributed by atoms with Crippen LogP contribution >= 0.6 is 11.3 Å². The molecule has 1 aliphatic heterocycles. The average molecular weight is 281 g/mol. The summed E-state index contributed by atoms with van der Waals surface area (Å²) >= 11 is 1.71. The van der Waals surface area contributed by atoms with Gasteiger partial charge in [-0.2, -0.15) is 0 Å². The van der Waals surface area contributed by atoms with Crippen molar-refractivity contribution >= 4 is 17.1 Å². The minimum absolute atomic E-state index is 0.270. The van der Waals surface area contributed by atoms with Crippen molar-refractivity contribution in [1.29, 1.82) is 0 Å². The zero-order valence-electron chi connectivity index (χ0n) is 12.1. The zero-order valence-corrected chi connectivity index (χ0v) is 12.9. The predicted molar refractivity (Wildman–Crippen MR) is 79.2 cm³/mol. The van der Waals surface area contributed by atoms with Crippen molar-refractivity contribution in [3.8, 4) is 0 Å². The fourth-order valence-electron chi connectivity index (χ4n) is 2.74. The number of ether oxygens (including phenoxy) is 1. The maximum absolute atomic E-state index is 12.3. The van der Waals surface area contributed by atoms with E-state index in [9.17, 15) is 4.79 Å². The van der Waals surface area contributed by atoms with Gasteiger partial charge in [0.1, 0.15) is 0 Å². The van der Waals surface area contributed by atoms with E-state index in [4.69, 9.17) is 4.74 Å². The minimum Gasteiger partial charge on any atom is -0.384 e. The van der Waals surface area contributed by atoms with E-state index in [2.05, 4.69) is 11.8 Å². The molecule has 4 heteroatoms. The van der Waals surface area contributed by atoms with Gasteiger partial charge >= 0.3 is 0 Å². The summed E-state index contributed by atoms with van der Waals surface area (Å²) in [5, 5.41) is 0. The molecule has 0 atom stereocenters. The molecule has 2 rings (SSSR count). The highest BCUT2D eigenvalue weighted by Gasteiger charge is 2.22. The number of thiophene rings is 1. The largest absolute Gasteiger partial charge is 0.384 e. The third kappa shape index (κ3) is 3.88. The number of aryl methyl sites for hydroxylation is 2. The molecule has 0 aliphatic carbocycles. The number of rotatable bonds is 5. The highest BCUT2D eigenvalue weighted by molar-refractivity contribution is 7.12. The van der Waals surface area contributed by atoms with E-state index in [0.29, 0.717) is 12.5 Å². The van der Waals surface area contributed by atoms with Gasteiger partial charge in [0.25, 0.3) is 0 Å². The Morgan fingerprint density at radius 3 is 2.63 bits per heavy atom. The van der Waals surface area contributed by atoms with Gasteiger partial charge in [-0.3, -0.25) is 9.69 Å². The van der Waals surface area contributed by atoms with E-state index in [1.54, 1.807) is 18.4 Å². The van der Waals surface area contributed by atoms with Crippen molar-refractivity contribution in [3.05, 3.63) is 21.4 Å². The molecular formula is C15H23NO2S. The lowest BCUT2D eigenvalue weighted by molar-refractivity contribution is 0.0809. The number of hydrogen-bond acceptors (Lipinski definition) is 4. The highest BCUT2D eigenvalue weighted by Crippen LogP contribution is 2.22. The van der Waals surface area contributed by atoms with E-state index in [1.807, 2.05) is 13.0 Å². The second kappa shape index (κ2) is 6.64. The molecule has 0 spiro atoms. The number of piperidine rings is 1. The summed E-state index contributed by atoms with van der Waals surface area (Å²) in [6, 6.07) is 2.03. The Balaban J connectivity index is 1.85. The Morgan fingerprint density at radius 2 is 2.11 bits per heavy atom. The predicted octanol–water partition coefficient (Wildman–Crippen LogP) is 2.91. The molecule has 2 heterocycles. The Bertz CT molecular complexity index is 433. The van der Waals surface area contributed by atoms with E-state index in [-0.39, 0.29) is 5.78 Å². The molecule has 1 aromatic heterocycles. The number of hydrogen-bond donors (Lipinski definition) is 0. The quantitative estimate of drug-likeness (QED) is 0.777. The topological polar surface area (TPSA) is 29.5 Å². The molecule has 19 heavy (non-hydrogen) atoms. The molecule has 1 aromatic rings. The smallest absolute Gasteiger partial charge is 0.177 e. The van der Waals surface area contributed by atoms with E-state index in [1.165, 1.54) is 4.88 Å². The molecule has 0 amide bonds. The maximum atomic E-state index is 12.3. The Hall–Kier alpha value is -0.710. The van der Waals surface area contributed by atoms with E-state index in [0.717, 1.165) is 43.0 Å². The summed E-state index contributed by atoms with van der Waals surface area (Å²) in [6.07, 6.45) is 2.28. The first kappa shape index (κ1) is 14.7. The van der Waals surface area contributed by atoms with Gasteiger partial charge in [-0.05, 0) is 51.8 Å². The third-order valence-electron chi connectivity index (χ3n) is 3.82. The Morgan fingerprint density at radius 1 is 1.42 bits per heavy atom. The van der Waals surface area contributed by atoms with Crippen LogP contribution in [0, 0.1) is 19.8 Å². The Labute approximate surface area is 119 Å². The monoisotopic (exact) mass is 281 g/mol. The first-order valence-electron chi connectivity index (χ1n) is 6.91. The summed E-state index contributed by atoms with van der Waals surface area (Å²) in [5.74, 6) is 0.938. The Kier molecular flexibility index (Phi) is 5.13. The van der Waals surface area contributed by atoms with Crippen molar-refractivity contribution in [2.24, 2.45) is 5.92 Å². The first-order valence-corrected chi connectivity index (χ1v) is 7.73. The molecule has 0 radical (unpaired) electrons. The third-order valence-corrected chi connectivity index (χ3v) is 4.78. The molecule has 0 saturated carbocycles. The summed E-state index contributed by atoms with van der Waals surface area (Å²) in [7, 11) is 1.76. The number of nitrogens with zero attached hydrogens (tertiary/aromatic N) is 1. The van der Waals surface area contributed by atoms with Gasteiger partial charge in [0.05, 0.1) is 6.54 Å². The van der Waals surface area contributed by atoms with Crippen LogP contribution in [0.2, 0.25) is 0 Å². The first-order chi connectivity index (χ1) is 9.10. The number of carbonyl (C=O) groups excluding carboxylic acids is 1. The SMILES string of the molecule is COCC1CCN(CC(=O)c2cc(C)sc2C)CC1. The highest BCUT2D eigenvalue weighted by atomic mass is 32.1. The molecular weight excluding hydrogens is 258 g/mol. The maximum Gasteiger partial charge on any atom is 0.177 e. The van der Waals surface area contributed by atoms with Crippen LogP contribution in [0.25, 0.3) is 0 Å². The van der Waals surface area contributed by atoms with Crippen molar-refractivity contribution in [3.63, 3.8) is 0 Å². The van der Waals surface area contributed by atoms with Crippen LogP contribution in [0.3, 0.4) is 0 Å². The minimum atomic E-state index is 0.270. The van der Waals surface area contributed by atoms with Crippen molar-refractivity contribution < 1.29 is 9.53 Å². The van der Waals surface area contributed by atoms with Gasteiger partial charge in [-0.15, -0.1) is 11.3 Å². The van der Waals surface area contributed by atoms with Crippen molar-refractivity contribution in [1.82, 2.24) is 4.90 Å². The standard InChI is InChI=1S/C15H23NO2S/c1-11-8-14(12(2)19-11)15(17)9-16-6-4-13(5-7-16)10-18-3/h8,13H,4-7,9-10H2,1-3H3. The van der Waals surface area contributed by atoms with E-state index < -0.39 is 0 Å². The summed E-state index contributed by atoms with van der Waals surface area (Å²) in [4.78, 5) is 16.9. The molecule has 106 valence electrons. The van der Waals surface area contributed by atoms with Gasteiger partial charge in [0.15, 0.2) is 5.78 Å². The van der Waals surface area contributed by atoms with Crippen LogP contribution in [0.4, 0.5) is 0 Å². The second-order valence-corrected chi connectivity index (χ2v) is 6.89. The molecule has 0 unspecified atom stereocenters. The molecule has 0 aromatic carbocycles. The van der Waals surface area contributed by atoms with Gasteiger partial charge < -0.3 is 4.74 Å². The van der Waals surface area contributed by atoms with Crippen molar-refractivity contribution in [2.75, 3.05) is 33.4 Å². The fraction of sp³-hybridized carbons (Fsp3) is 0.667. The zero-order chi connectivity index (χ0) is 13.8. The van der Waals surface area contributed by atoms with Crippen LogP contribution in [0.1, 0.15) is 33.0 Å². The second-order valence-electron chi connectivity index (χ2n) is 5.42. The van der Waals surface area contributed by atoms with Crippen LogP contribution in [0.15, 0.2) is 6.07 Å². The lowest BCUT2D eigenvalue weighted by Gasteiger charge is -2.31. The van der Waals surface area contributed by atoms with Crippen LogP contribution < -0.4 is 0 Å². The molecule has 1 aliphatic rings. The van der Waals surface area contributed by atoms with Gasteiger partial charge in [-0.25, -0.2) is 0 Å². The molecule has 0 bridgehead atoms. The van der Waals surface area contributed by atoms with Crippen LogP contribution in [-0.2, 0) is 4.74 Å². The van der Waals surface area contributed by atoms with Crippen LogP contribution in [-0.4, -0.2) is 44.0 Å². The number of methoxy groups -OCH3 is 1. The lowest BCUT2D eigenvalue weighted by atomic mass is 9.97. The van der Waals surface area contributed by atoms with Gasteiger partial charge in [0.2, 0.25) is 0 Å². The van der Waals surface area contributed by atoms with Gasteiger partial charge in [-0.1, -0.05) is 0 Å². The summed E-state index contributed by atoms with van der Waals surface area (Å²) in [6.45, 7) is 7.55. The number of carbonyl (C=O) groups is 1. The molecule has 1 fully saturated rings. The lowest BCUT2D eigenvalue weighted by Crippen LogP contribution is -2.38. The van der Waals surface area contributed by atoms with E-state index >= 15 is 0 Å². The molecule has 0 N–H and O–H groups in total. The molecule has 3 nitrogen and oxygen atoms in total.